The average molecular weight is 276 g/mol. The lowest BCUT2D eigenvalue weighted by molar-refractivity contribution is -0.159. The van der Waals surface area contributed by atoms with E-state index in [4.69, 9.17) is 5.73 Å². The Morgan fingerprint density at radius 3 is 2.65 bits per heavy atom. The Bertz CT molecular complexity index is 633. The largest absolute Gasteiger partial charge is 0.494 e. The topological polar surface area (TPSA) is 105 Å². The first-order valence-corrected chi connectivity index (χ1v) is 6.34. The van der Waals surface area contributed by atoms with Crippen molar-refractivity contribution in [3.05, 3.63) is 29.8 Å². The quantitative estimate of drug-likeness (QED) is 0.562. The molecule has 2 rings (SSSR count). The van der Waals surface area contributed by atoms with Crippen molar-refractivity contribution in [3.8, 4) is 5.88 Å². The number of fused-ring (bicyclic) bond motifs is 1. The summed E-state index contributed by atoms with van der Waals surface area (Å²) in [6.07, 6.45) is 0.334. The minimum Gasteiger partial charge on any atom is -0.494 e. The van der Waals surface area contributed by atoms with E-state index >= 15 is 0 Å². The summed E-state index contributed by atoms with van der Waals surface area (Å²) in [5, 5.41) is 10.7. The Hall–Kier alpha value is -2.34. The molecule has 1 aromatic carbocycles. The maximum atomic E-state index is 11.5. The van der Waals surface area contributed by atoms with Crippen LogP contribution in [-0.2, 0) is 20.7 Å². The van der Waals surface area contributed by atoms with Gasteiger partial charge in [-0.05, 0) is 12.5 Å². The lowest BCUT2D eigenvalue weighted by Crippen LogP contribution is -2.16. The Balaban J connectivity index is 2.01. The van der Waals surface area contributed by atoms with E-state index in [1.807, 2.05) is 24.3 Å². The summed E-state index contributed by atoms with van der Waals surface area (Å²) in [6, 6.07) is 7.39. The zero-order chi connectivity index (χ0) is 14.5. The third-order valence-corrected chi connectivity index (χ3v) is 2.95. The Labute approximate surface area is 115 Å². The second kappa shape index (κ2) is 6.21. The van der Waals surface area contributed by atoms with Crippen LogP contribution in [0.25, 0.3) is 10.9 Å². The molecule has 0 aliphatic heterocycles. The summed E-state index contributed by atoms with van der Waals surface area (Å²) in [5.41, 5.74) is 6.63. The van der Waals surface area contributed by atoms with E-state index in [1.165, 1.54) is 0 Å². The molecule has 0 saturated carbocycles. The lowest BCUT2D eigenvalue weighted by Gasteiger charge is -2.02. The number of aromatic nitrogens is 1. The molecule has 0 unspecified atom stereocenters. The highest BCUT2D eigenvalue weighted by molar-refractivity contribution is 5.88. The van der Waals surface area contributed by atoms with Crippen LogP contribution in [0.5, 0.6) is 5.88 Å². The number of aromatic amines is 1. The number of hydrogen-bond donors (Lipinski definition) is 3. The molecule has 1 heterocycles. The minimum absolute atomic E-state index is 0.0179. The number of aromatic hydroxyl groups is 1. The Morgan fingerprint density at radius 1 is 1.20 bits per heavy atom. The van der Waals surface area contributed by atoms with Gasteiger partial charge in [-0.25, -0.2) is 0 Å². The van der Waals surface area contributed by atoms with Gasteiger partial charge in [0.1, 0.15) is 0 Å². The van der Waals surface area contributed by atoms with Gasteiger partial charge in [0, 0.05) is 23.0 Å². The van der Waals surface area contributed by atoms with Crippen molar-refractivity contribution >= 4 is 22.8 Å². The van der Waals surface area contributed by atoms with Gasteiger partial charge >= 0.3 is 11.9 Å². The number of carbonyl (C=O) groups excluding carboxylic acids is 2. The Kier molecular flexibility index (Phi) is 4.37. The number of esters is 2. The molecule has 0 aliphatic rings. The SMILES string of the molecule is NCCC(=O)OC(=O)CCc1c(O)[nH]c2ccccc12. The highest BCUT2D eigenvalue weighted by atomic mass is 16.6. The summed E-state index contributed by atoms with van der Waals surface area (Å²) in [4.78, 5) is 25.4. The lowest BCUT2D eigenvalue weighted by atomic mass is 10.1. The predicted octanol–water partition coefficient (Wildman–Crippen LogP) is 1.22. The number of aryl methyl sites for hydroxylation is 1. The molecule has 0 saturated heterocycles. The average Bonchev–Trinajstić information content (AvgIpc) is 2.72. The zero-order valence-electron chi connectivity index (χ0n) is 10.9. The van der Waals surface area contributed by atoms with E-state index in [9.17, 15) is 14.7 Å². The van der Waals surface area contributed by atoms with Gasteiger partial charge in [0.05, 0.1) is 12.8 Å². The second-order valence-electron chi connectivity index (χ2n) is 4.38. The molecule has 0 bridgehead atoms. The van der Waals surface area contributed by atoms with Crippen molar-refractivity contribution in [3.63, 3.8) is 0 Å². The van der Waals surface area contributed by atoms with Crippen LogP contribution in [0, 0.1) is 0 Å². The van der Waals surface area contributed by atoms with E-state index < -0.39 is 11.9 Å². The molecular formula is C14H16N2O4. The molecule has 0 atom stereocenters. The van der Waals surface area contributed by atoms with Gasteiger partial charge in [0.15, 0.2) is 5.88 Å². The van der Waals surface area contributed by atoms with Gasteiger partial charge in [-0.15, -0.1) is 0 Å². The van der Waals surface area contributed by atoms with Crippen LogP contribution in [0.3, 0.4) is 0 Å². The number of hydrogen-bond acceptors (Lipinski definition) is 5. The fourth-order valence-corrected chi connectivity index (χ4v) is 2.01. The van der Waals surface area contributed by atoms with Crippen molar-refractivity contribution in [2.24, 2.45) is 5.73 Å². The number of nitrogens with one attached hydrogen (secondary N) is 1. The molecule has 0 aliphatic carbocycles. The number of ether oxygens (including phenoxy) is 1. The summed E-state index contributed by atoms with van der Waals surface area (Å²) < 4.78 is 4.59. The van der Waals surface area contributed by atoms with Gasteiger partial charge in [0.25, 0.3) is 0 Å². The molecule has 106 valence electrons. The number of rotatable bonds is 5. The molecule has 4 N–H and O–H groups in total. The third-order valence-electron chi connectivity index (χ3n) is 2.95. The summed E-state index contributed by atoms with van der Waals surface area (Å²) in [5.74, 6) is -1.21. The predicted molar refractivity (Wildman–Crippen MR) is 73.1 cm³/mol. The van der Waals surface area contributed by atoms with Gasteiger partial charge in [-0.1, -0.05) is 18.2 Å². The first-order valence-electron chi connectivity index (χ1n) is 6.34. The third kappa shape index (κ3) is 3.16. The second-order valence-corrected chi connectivity index (χ2v) is 4.38. The number of benzene rings is 1. The van der Waals surface area contributed by atoms with Crippen LogP contribution < -0.4 is 5.73 Å². The molecule has 6 nitrogen and oxygen atoms in total. The molecule has 0 spiro atoms. The summed E-state index contributed by atoms with van der Waals surface area (Å²) >= 11 is 0. The van der Waals surface area contributed by atoms with Gasteiger partial charge < -0.3 is 20.6 Å². The van der Waals surface area contributed by atoms with Crippen molar-refractivity contribution in [1.82, 2.24) is 4.98 Å². The van der Waals surface area contributed by atoms with Gasteiger partial charge in [-0.3, -0.25) is 9.59 Å². The molecule has 6 heteroatoms. The van der Waals surface area contributed by atoms with Gasteiger partial charge in [0.2, 0.25) is 0 Å². The molecule has 2 aromatic rings. The van der Waals surface area contributed by atoms with Crippen molar-refractivity contribution < 1.29 is 19.4 Å². The van der Waals surface area contributed by atoms with E-state index in [2.05, 4.69) is 9.72 Å². The van der Waals surface area contributed by atoms with E-state index in [0.717, 1.165) is 10.9 Å². The highest BCUT2D eigenvalue weighted by Gasteiger charge is 2.14. The maximum Gasteiger partial charge on any atom is 0.314 e. The van der Waals surface area contributed by atoms with Gasteiger partial charge in [-0.2, -0.15) is 0 Å². The molecule has 20 heavy (non-hydrogen) atoms. The molecular weight excluding hydrogens is 260 g/mol. The summed E-state index contributed by atoms with van der Waals surface area (Å²) in [7, 11) is 0. The van der Waals surface area contributed by atoms with Crippen LogP contribution in [0.2, 0.25) is 0 Å². The molecule has 0 radical (unpaired) electrons. The number of nitrogens with two attached hydrogens (primary N) is 1. The van der Waals surface area contributed by atoms with Crippen LogP contribution in [0.1, 0.15) is 18.4 Å². The van der Waals surface area contributed by atoms with Crippen molar-refractivity contribution in [2.75, 3.05) is 6.54 Å². The maximum absolute atomic E-state index is 11.5. The minimum atomic E-state index is -0.624. The van der Waals surface area contributed by atoms with E-state index in [-0.39, 0.29) is 25.3 Å². The van der Waals surface area contributed by atoms with Crippen LogP contribution in [0.4, 0.5) is 0 Å². The van der Waals surface area contributed by atoms with E-state index in [1.54, 1.807) is 0 Å². The standard InChI is InChI=1S/C14H16N2O4/c15-8-7-13(18)20-12(17)6-5-10-9-3-1-2-4-11(9)16-14(10)19/h1-4,16,19H,5-8,15H2. The number of carbonyl (C=O) groups is 2. The number of para-hydroxylation sites is 1. The highest BCUT2D eigenvalue weighted by Crippen LogP contribution is 2.28. The normalized spacial score (nSPS) is 10.7. The fourth-order valence-electron chi connectivity index (χ4n) is 2.01. The molecule has 1 aromatic heterocycles. The first kappa shape index (κ1) is 14.1. The number of H-pyrrole nitrogens is 1. The molecule has 0 fully saturated rings. The first-order chi connectivity index (χ1) is 9.61. The Morgan fingerprint density at radius 2 is 1.90 bits per heavy atom. The monoisotopic (exact) mass is 276 g/mol. The smallest absolute Gasteiger partial charge is 0.314 e. The molecule has 0 amide bonds. The van der Waals surface area contributed by atoms with Crippen molar-refractivity contribution in [1.29, 1.82) is 0 Å². The zero-order valence-corrected chi connectivity index (χ0v) is 10.9. The van der Waals surface area contributed by atoms with E-state index in [0.29, 0.717) is 12.0 Å². The van der Waals surface area contributed by atoms with Crippen LogP contribution in [-0.4, -0.2) is 28.6 Å². The summed E-state index contributed by atoms with van der Waals surface area (Å²) in [6.45, 7) is 0.148. The fraction of sp³-hybridized carbons (Fsp3) is 0.286. The van der Waals surface area contributed by atoms with Crippen LogP contribution >= 0.6 is 0 Å². The van der Waals surface area contributed by atoms with Crippen LogP contribution in [0.15, 0.2) is 24.3 Å². The van der Waals surface area contributed by atoms with Crippen molar-refractivity contribution in [2.45, 2.75) is 19.3 Å².